The number of ether oxygens (including phenoxy) is 2. The van der Waals surface area contributed by atoms with E-state index in [2.05, 4.69) is 105 Å². The molecule has 4 fully saturated rings. The molecule has 2 bridgehead atoms. The molecule has 10 nitrogen and oxygen atoms in total. The summed E-state index contributed by atoms with van der Waals surface area (Å²) in [5, 5.41) is 24.3. The third kappa shape index (κ3) is 4.95. The van der Waals surface area contributed by atoms with E-state index >= 15 is 0 Å². The van der Waals surface area contributed by atoms with E-state index in [-0.39, 0.29) is 62.6 Å². The molecule has 1 aromatic rings. The maximum Gasteiger partial charge on any atom is 0.307 e. The molecule has 5 N–H and O–H groups in total. The van der Waals surface area contributed by atoms with Crippen LogP contribution in [0.3, 0.4) is 0 Å². The highest BCUT2D eigenvalue weighted by Crippen LogP contribution is 2.76. The number of allylic oxidation sites excluding steroid dienone is 1. The van der Waals surface area contributed by atoms with Crippen molar-refractivity contribution in [3.63, 3.8) is 0 Å². The zero-order valence-electron chi connectivity index (χ0n) is 32.5. The number of aliphatic carboxylic acids is 1. The van der Waals surface area contributed by atoms with Crippen LogP contribution in [0.5, 0.6) is 0 Å². The summed E-state index contributed by atoms with van der Waals surface area (Å²) in [6.07, 6.45) is 7.71. The molecule has 49 heavy (non-hydrogen) atoms. The number of carboxylic acids is 1. The quantitative estimate of drug-likeness (QED) is 0.260. The van der Waals surface area contributed by atoms with E-state index in [1.54, 1.807) is 4.80 Å². The second kappa shape index (κ2) is 11.5. The van der Waals surface area contributed by atoms with Gasteiger partial charge in [-0.05, 0) is 103 Å². The van der Waals surface area contributed by atoms with Crippen LogP contribution < -0.4 is 11.5 Å². The summed E-state index contributed by atoms with van der Waals surface area (Å²) in [5.74, 6) is 0.372. The molecule has 0 unspecified atom stereocenters. The SMILES string of the molecule is CC(C)[C@@H](C)[C@@]1(C)CC[C@]2(C)[C@H]3CC[C@H]4[C@@]5(C)CO[C@@H](C)[C@@]4(C[C@@H](n4nnc(N)n4)[C@@H]5OC[C@](C)(N)C(C)(C)C)C3=CC[C@@]2(C)[C@@H]1C(=O)O. The molecule has 0 spiro atoms. The second-order valence-electron chi connectivity index (χ2n) is 19.8. The highest BCUT2D eigenvalue weighted by Gasteiger charge is 2.73. The third-order valence-corrected chi connectivity index (χ3v) is 16.6. The van der Waals surface area contributed by atoms with Crippen molar-refractivity contribution < 1.29 is 19.4 Å². The molecule has 0 radical (unpaired) electrons. The molecular formula is C39H66N6O4. The molecule has 4 aliphatic carbocycles. The number of rotatable bonds is 7. The van der Waals surface area contributed by atoms with Gasteiger partial charge in [-0.1, -0.05) is 86.0 Å². The number of hydrogen-bond acceptors (Lipinski definition) is 8. The zero-order chi connectivity index (χ0) is 36.3. The van der Waals surface area contributed by atoms with Gasteiger partial charge in [0.1, 0.15) is 6.04 Å². The van der Waals surface area contributed by atoms with Crippen molar-refractivity contribution in [3.05, 3.63) is 11.6 Å². The van der Waals surface area contributed by atoms with Crippen LogP contribution in [0.25, 0.3) is 0 Å². The molecule has 6 rings (SSSR count). The molecule has 276 valence electrons. The Bertz CT molecular complexity index is 1480. The van der Waals surface area contributed by atoms with E-state index in [1.165, 1.54) is 5.57 Å². The van der Waals surface area contributed by atoms with Crippen molar-refractivity contribution in [1.82, 2.24) is 20.2 Å². The summed E-state index contributed by atoms with van der Waals surface area (Å²) in [4.78, 5) is 15.2. The molecular weight excluding hydrogens is 616 g/mol. The Hall–Kier alpha value is -2.04. The molecule has 3 saturated carbocycles. The molecule has 0 aromatic carbocycles. The van der Waals surface area contributed by atoms with Crippen molar-refractivity contribution in [2.24, 2.45) is 67.8 Å². The molecule has 0 amide bonds. The van der Waals surface area contributed by atoms with Gasteiger partial charge in [0.25, 0.3) is 5.95 Å². The van der Waals surface area contributed by atoms with Crippen LogP contribution >= 0.6 is 0 Å². The van der Waals surface area contributed by atoms with Gasteiger partial charge in [-0.25, -0.2) is 0 Å². The van der Waals surface area contributed by atoms with E-state index in [0.29, 0.717) is 31.0 Å². The second-order valence-corrected chi connectivity index (χ2v) is 19.8. The average Bonchev–Trinajstić information content (AvgIpc) is 3.43. The highest BCUT2D eigenvalue weighted by molar-refractivity contribution is 5.73. The minimum Gasteiger partial charge on any atom is -0.481 e. The number of anilines is 1. The molecule has 5 aliphatic rings. The Labute approximate surface area is 294 Å². The number of nitrogens with zero attached hydrogens (tertiary/aromatic N) is 4. The van der Waals surface area contributed by atoms with Gasteiger partial charge in [-0.3, -0.25) is 4.79 Å². The van der Waals surface area contributed by atoms with Crippen LogP contribution in [-0.4, -0.2) is 62.2 Å². The average molecular weight is 683 g/mol. The smallest absolute Gasteiger partial charge is 0.307 e. The Balaban J connectivity index is 1.47. The number of carboxylic acid groups (broad SMARTS) is 1. The van der Waals surface area contributed by atoms with Crippen LogP contribution in [-0.2, 0) is 14.3 Å². The summed E-state index contributed by atoms with van der Waals surface area (Å²) in [5.41, 5.74) is 12.3. The minimum atomic E-state index is -0.635. The maximum atomic E-state index is 13.5. The number of carbonyl (C=O) groups is 1. The predicted molar refractivity (Wildman–Crippen MR) is 191 cm³/mol. The van der Waals surface area contributed by atoms with Gasteiger partial charge < -0.3 is 26.0 Å². The summed E-state index contributed by atoms with van der Waals surface area (Å²) in [6.45, 7) is 27.9. The molecule has 2 heterocycles. The Morgan fingerprint density at radius 1 is 1.12 bits per heavy atom. The Kier molecular flexibility index (Phi) is 8.61. The standard InChI is InChI=1S/C39H66N6O4/c1-22(2)23(3)34(8)17-18-36(10)25-13-14-28-35(9)20-48-24(4)39(28,26(25)15-16-37(36,11)29(34)31(46)47)19-27(45-43-32(40)42-44-45)30(35)49-21-38(12,41)33(5,6)7/h15,22-25,27-30H,13-14,16-21,41H2,1-12H3,(H2,40,43)(H,46,47)/t23-,24+,25+,27-,28+,29-,30+,34-,35-,36-,37+,38+,39+/m1/s1. The number of nitrogen functional groups attached to an aromatic ring is 1. The molecule has 13 atom stereocenters. The lowest BCUT2D eigenvalue weighted by atomic mass is 9.33. The van der Waals surface area contributed by atoms with Crippen molar-refractivity contribution in [2.75, 3.05) is 18.9 Å². The lowest BCUT2D eigenvalue weighted by Gasteiger charge is -2.72. The van der Waals surface area contributed by atoms with Gasteiger partial charge in [0, 0.05) is 16.4 Å². The molecule has 1 aromatic heterocycles. The van der Waals surface area contributed by atoms with Crippen molar-refractivity contribution in [3.8, 4) is 0 Å². The van der Waals surface area contributed by atoms with Crippen molar-refractivity contribution >= 4 is 11.9 Å². The van der Waals surface area contributed by atoms with Crippen LogP contribution in [0.2, 0.25) is 0 Å². The van der Waals surface area contributed by atoms with Crippen LogP contribution in [0.15, 0.2) is 11.6 Å². The van der Waals surface area contributed by atoms with Crippen LogP contribution in [0, 0.1) is 62.1 Å². The fourth-order valence-electron chi connectivity index (χ4n) is 12.3. The fraction of sp³-hybridized carbons (Fsp3) is 0.897. The molecule has 10 heteroatoms. The van der Waals surface area contributed by atoms with Gasteiger partial charge in [-0.15, -0.1) is 5.10 Å². The van der Waals surface area contributed by atoms with Gasteiger partial charge in [0.05, 0.1) is 31.3 Å². The number of aromatic nitrogens is 4. The van der Waals surface area contributed by atoms with E-state index in [4.69, 9.17) is 20.9 Å². The van der Waals surface area contributed by atoms with Crippen LogP contribution in [0.4, 0.5) is 5.95 Å². The van der Waals surface area contributed by atoms with Gasteiger partial charge in [0.15, 0.2) is 0 Å². The predicted octanol–water partition coefficient (Wildman–Crippen LogP) is 6.92. The fourth-order valence-corrected chi connectivity index (χ4v) is 12.3. The maximum absolute atomic E-state index is 13.5. The number of tetrazole rings is 1. The third-order valence-electron chi connectivity index (χ3n) is 16.6. The summed E-state index contributed by atoms with van der Waals surface area (Å²) in [7, 11) is 0. The molecule has 1 aliphatic heterocycles. The van der Waals surface area contributed by atoms with Crippen molar-refractivity contribution in [2.45, 2.75) is 145 Å². The highest BCUT2D eigenvalue weighted by atomic mass is 16.5. The topological polar surface area (TPSA) is 151 Å². The van der Waals surface area contributed by atoms with E-state index in [0.717, 1.165) is 38.5 Å². The normalized spacial score (nSPS) is 45.4. The minimum absolute atomic E-state index is 0.0312. The summed E-state index contributed by atoms with van der Waals surface area (Å²) in [6, 6.07) is -0.220. The first-order valence-electron chi connectivity index (χ1n) is 19.0. The van der Waals surface area contributed by atoms with Gasteiger partial charge in [0.2, 0.25) is 0 Å². The van der Waals surface area contributed by atoms with E-state index < -0.39 is 17.4 Å². The summed E-state index contributed by atoms with van der Waals surface area (Å²) < 4.78 is 13.9. The van der Waals surface area contributed by atoms with E-state index in [9.17, 15) is 9.90 Å². The van der Waals surface area contributed by atoms with Crippen molar-refractivity contribution in [1.29, 1.82) is 0 Å². The number of hydrogen-bond donors (Lipinski definition) is 3. The zero-order valence-corrected chi connectivity index (χ0v) is 32.5. The van der Waals surface area contributed by atoms with Gasteiger partial charge in [-0.2, -0.15) is 4.80 Å². The van der Waals surface area contributed by atoms with Crippen LogP contribution in [0.1, 0.15) is 128 Å². The van der Waals surface area contributed by atoms with Gasteiger partial charge >= 0.3 is 5.97 Å². The number of fused-ring (bicyclic) bond motifs is 3. The monoisotopic (exact) mass is 683 g/mol. The lowest BCUT2D eigenvalue weighted by Crippen LogP contribution is -2.71. The molecule has 1 saturated heterocycles. The Morgan fingerprint density at radius 3 is 2.37 bits per heavy atom. The largest absolute Gasteiger partial charge is 0.481 e. The summed E-state index contributed by atoms with van der Waals surface area (Å²) >= 11 is 0. The number of nitrogens with two attached hydrogens (primary N) is 2. The first-order chi connectivity index (χ1) is 22.5. The Morgan fingerprint density at radius 2 is 1.80 bits per heavy atom. The first-order valence-corrected chi connectivity index (χ1v) is 19.0. The first kappa shape index (κ1) is 36.7. The lowest BCUT2D eigenvalue weighted by molar-refractivity contribution is -0.275. The van der Waals surface area contributed by atoms with E-state index in [1.807, 2.05) is 0 Å².